The second kappa shape index (κ2) is 6.01. The summed E-state index contributed by atoms with van der Waals surface area (Å²) in [6.07, 6.45) is 1.99. The van der Waals surface area contributed by atoms with E-state index in [9.17, 15) is 8.42 Å². The monoisotopic (exact) mass is 298 g/mol. The number of rotatable bonds is 4. The predicted octanol–water partition coefficient (Wildman–Crippen LogP) is 2.39. The molecule has 0 aromatic heterocycles. The highest BCUT2D eigenvalue weighted by atomic mass is 32.2. The number of hydrogen-bond donors (Lipinski definition) is 1. The minimum absolute atomic E-state index is 0.403. The van der Waals surface area contributed by atoms with Gasteiger partial charge >= 0.3 is 10.2 Å². The van der Waals surface area contributed by atoms with Crippen LogP contribution in [0, 0.1) is 12.8 Å². The summed E-state index contributed by atoms with van der Waals surface area (Å²) < 4.78 is 34.2. The molecule has 1 aliphatic heterocycles. The maximum absolute atomic E-state index is 12.4. The second-order valence-electron chi connectivity index (χ2n) is 5.42. The molecule has 1 heterocycles. The quantitative estimate of drug-likeness (QED) is 0.928. The fourth-order valence-electron chi connectivity index (χ4n) is 2.45. The van der Waals surface area contributed by atoms with Gasteiger partial charge in [0, 0.05) is 13.1 Å². The van der Waals surface area contributed by atoms with Crippen LogP contribution >= 0.6 is 0 Å². The highest BCUT2D eigenvalue weighted by molar-refractivity contribution is 7.90. The lowest BCUT2D eigenvalue weighted by atomic mass is 10.0. The van der Waals surface area contributed by atoms with Gasteiger partial charge < -0.3 is 4.74 Å². The van der Waals surface area contributed by atoms with E-state index in [1.807, 2.05) is 19.1 Å². The van der Waals surface area contributed by atoms with Crippen molar-refractivity contribution in [2.24, 2.45) is 5.92 Å². The fraction of sp³-hybridized carbons (Fsp3) is 0.571. The van der Waals surface area contributed by atoms with E-state index in [-0.39, 0.29) is 0 Å². The molecule has 20 heavy (non-hydrogen) atoms. The molecule has 5 nitrogen and oxygen atoms in total. The number of benzene rings is 1. The number of aryl methyl sites for hydroxylation is 1. The number of anilines is 1. The molecule has 1 N–H and O–H groups in total. The minimum atomic E-state index is -3.51. The third kappa shape index (κ3) is 3.43. The maximum Gasteiger partial charge on any atom is 0.301 e. The number of ether oxygens (including phenoxy) is 1. The minimum Gasteiger partial charge on any atom is -0.495 e. The molecule has 1 fully saturated rings. The van der Waals surface area contributed by atoms with Crippen LogP contribution in [0.25, 0.3) is 0 Å². The van der Waals surface area contributed by atoms with Crippen molar-refractivity contribution in [3.05, 3.63) is 23.8 Å². The first-order valence-electron chi connectivity index (χ1n) is 6.85. The van der Waals surface area contributed by atoms with Crippen LogP contribution in [0.2, 0.25) is 0 Å². The summed E-state index contributed by atoms with van der Waals surface area (Å²) in [4.78, 5) is 0. The first kappa shape index (κ1) is 15.1. The van der Waals surface area contributed by atoms with E-state index in [0.717, 1.165) is 18.4 Å². The van der Waals surface area contributed by atoms with Crippen molar-refractivity contribution in [1.82, 2.24) is 4.31 Å². The van der Waals surface area contributed by atoms with E-state index in [4.69, 9.17) is 4.74 Å². The molecular formula is C14H22N2O3S. The van der Waals surface area contributed by atoms with Gasteiger partial charge in [-0.05, 0) is 43.4 Å². The van der Waals surface area contributed by atoms with E-state index < -0.39 is 10.2 Å². The number of nitrogens with zero attached hydrogens (tertiary/aromatic N) is 1. The zero-order chi connectivity index (χ0) is 14.8. The topological polar surface area (TPSA) is 58.6 Å². The van der Waals surface area contributed by atoms with Crippen molar-refractivity contribution in [3.8, 4) is 5.75 Å². The largest absolute Gasteiger partial charge is 0.495 e. The van der Waals surface area contributed by atoms with Crippen molar-refractivity contribution < 1.29 is 13.2 Å². The lowest BCUT2D eigenvalue weighted by Gasteiger charge is -2.30. The summed E-state index contributed by atoms with van der Waals surface area (Å²) in [6.45, 7) is 5.17. The molecule has 112 valence electrons. The highest BCUT2D eigenvalue weighted by Gasteiger charge is 2.27. The summed E-state index contributed by atoms with van der Waals surface area (Å²) in [7, 11) is -1.97. The van der Waals surface area contributed by atoms with Crippen LogP contribution < -0.4 is 9.46 Å². The average Bonchev–Trinajstić information content (AvgIpc) is 2.40. The summed E-state index contributed by atoms with van der Waals surface area (Å²) in [5.74, 6) is 0.943. The van der Waals surface area contributed by atoms with Crippen LogP contribution in [0.4, 0.5) is 5.69 Å². The van der Waals surface area contributed by atoms with Crippen molar-refractivity contribution >= 4 is 15.9 Å². The summed E-state index contributed by atoms with van der Waals surface area (Å²) >= 11 is 0. The first-order valence-corrected chi connectivity index (χ1v) is 8.29. The third-order valence-corrected chi connectivity index (χ3v) is 5.04. The Bertz CT molecular complexity index is 572. The molecular weight excluding hydrogens is 276 g/mol. The standard InChI is InChI=1S/C14H22N2O3S/c1-11-6-7-13(14(9-11)19-3)15-20(17,18)16-8-4-5-12(2)10-16/h6-7,9,12,15H,4-5,8,10H2,1-3H3. The van der Waals surface area contributed by atoms with Gasteiger partial charge in [0.25, 0.3) is 0 Å². The fourth-order valence-corrected chi connectivity index (χ4v) is 3.85. The highest BCUT2D eigenvalue weighted by Crippen LogP contribution is 2.28. The smallest absolute Gasteiger partial charge is 0.301 e. The Hall–Kier alpha value is -1.27. The molecule has 0 amide bonds. The Morgan fingerprint density at radius 1 is 1.40 bits per heavy atom. The van der Waals surface area contributed by atoms with Crippen molar-refractivity contribution in [2.75, 3.05) is 24.9 Å². The number of piperidine rings is 1. The van der Waals surface area contributed by atoms with Crippen molar-refractivity contribution in [2.45, 2.75) is 26.7 Å². The molecule has 0 aliphatic carbocycles. The summed E-state index contributed by atoms with van der Waals surface area (Å²) in [5, 5.41) is 0. The van der Waals surface area contributed by atoms with Crippen LogP contribution in [-0.4, -0.2) is 32.9 Å². The first-order chi connectivity index (χ1) is 9.42. The van der Waals surface area contributed by atoms with Gasteiger partial charge in [-0.3, -0.25) is 4.72 Å². The maximum atomic E-state index is 12.4. The molecule has 1 saturated heterocycles. The molecule has 1 unspecified atom stereocenters. The second-order valence-corrected chi connectivity index (χ2v) is 7.09. The average molecular weight is 298 g/mol. The predicted molar refractivity (Wildman–Crippen MR) is 80.2 cm³/mol. The van der Waals surface area contributed by atoms with Gasteiger partial charge in [-0.2, -0.15) is 12.7 Å². The van der Waals surface area contributed by atoms with Gasteiger partial charge in [-0.1, -0.05) is 13.0 Å². The van der Waals surface area contributed by atoms with Gasteiger partial charge in [0.15, 0.2) is 0 Å². The van der Waals surface area contributed by atoms with Gasteiger partial charge in [0.1, 0.15) is 5.75 Å². The number of nitrogens with one attached hydrogen (secondary N) is 1. The van der Waals surface area contributed by atoms with Crippen molar-refractivity contribution in [3.63, 3.8) is 0 Å². The molecule has 2 rings (SSSR count). The van der Waals surface area contributed by atoms with Crippen molar-refractivity contribution in [1.29, 1.82) is 0 Å². The van der Waals surface area contributed by atoms with Crippen LogP contribution in [0.3, 0.4) is 0 Å². The Morgan fingerprint density at radius 3 is 2.80 bits per heavy atom. The SMILES string of the molecule is COc1cc(C)ccc1NS(=O)(=O)N1CCCC(C)C1. The third-order valence-electron chi connectivity index (χ3n) is 3.56. The van der Waals surface area contributed by atoms with E-state index in [2.05, 4.69) is 11.6 Å². The summed E-state index contributed by atoms with van der Waals surface area (Å²) in [5.41, 5.74) is 1.51. The molecule has 0 spiro atoms. The van der Waals surface area contributed by atoms with E-state index >= 15 is 0 Å². The molecule has 0 bridgehead atoms. The van der Waals surface area contributed by atoms with Gasteiger partial charge in [0.2, 0.25) is 0 Å². The Kier molecular flexibility index (Phi) is 4.55. The summed E-state index contributed by atoms with van der Waals surface area (Å²) in [6, 6.07) is 5.41. The zero-order valence-corrected chi connectivity index (χ0v) is 13.0. The Labute approximate surface area is 121 Å². The molecule has 6 heteroatoms. The number of hydrogen-bond acceptors (Lipinski definition) is 3. The molecule has 1 aromatic carbocycles. The normalized spacial score (nSPS) is 20.6. The van der Waals surface area contributed by atoms with Crippen LogP contribution in [0.5, 0.6) is 5.75 Å². The van der Waals surface area contributed by atoms with Crippen LogP contribution in [0.15, 0.2) is 18.2 Å². The lowest BCUT2D eigenvalue weighted by Crippen LogP contribution is -2.42. The van der Waals surface area contributed by atoms with Crippen LogP contribution in [-0.2, 0) is 10.2 Å². The molecule has 0 radical (unpaired) electrons. The van der Waals surface area contributed by atoms with Crippen LogP contribution in [0.1, 0.15) is 25.3 Å². The zero-order valence-electron chi connectivity index (χ0n) is 12.2. The van der Waals surface area contributed by atoms with Gasteiger partial charge in [-0.15, -0.1) is 0 Å². The van der Waals surface area contributed by atoms with E-state index in [0.29, 0.717) is 30.4 Å². The molecule has 0 saturated carbocycles. The van der Waals surface area contributed by atoms with Gasteiger partial charge in [-0.25, -0.2) is 0 Å². The number of methoxy groups -OCH3 is 1. The van der Waals surface area contributed by atoms with Gasteiger partial charge in [0.05, 0.1) is 12.8 Å². The Balaban J connectivity index is 2.19. The Morgan fingerprint density at radius 2 is 2.15 bits per heavy atom. The van der Waals surface area contributed by atoms with E-state index in [1.165, 1.54) is 11.4 Å². The lowest BCUT2D eigenvalue weighted by molar-refractivity contribution is 0.282. The molecule has 1 atom stereocenters. The molecule has 1 aromatic rings. The molecule has 1 aliphatic rings. The van der Waals surface area contributed by atoms with E-state index in [1.54, 1.807) is 6.07 Å².